The van der Waals surface area contributed by atoms with Crippen LogP contribution in [0, 0.1) is 83.1 Å². The first-order valence-corrected chi connectivity index (χ1v) is 30.4. The van der Waals surface area contributed by atoms with E-state index < -0.39 is 0 Å². The lowest BCUT2D eigenvalue weighted by Gasteiger charge is -2.02. The highest BCUT2D eigenvalue weighted by atomic mass is 35.5. The zero-order valence-electron chi connectivity index (χ0n) is 52.8. The van der Waals surface area contributed by atoms with E-state index in [0.29, 0.717) is 98.4 Å². The standard InChI is InChI=1S/C16H18N4O3.C15H15ClN4O4S2.2C15H16N4O3/c1-9-7-13(11(3)22-9)16(21)17-15-5-6-20(18-15)8-14-10(2)19-23-12(14)4;1-8-10(9(2)23-19-8)6-20-5-4-12(18-20)17-15(21)14-13(16)11(7-25-14)26-24-22-3;1-9-13(11(3)22-18-9)8-19-6-4-14(17-19)16-15(20)12-5-7-21-10(12)2;1-9-4-5-13(21-9)15(20)16-14-6-7-19(17-14)8-12-10(2)18-22-11(12)3/h5-7H,8H2,1-4H3,(H,17,18,21);4-5,7H,6H2,1-3H3,(H,17,18,21);2*4-7H,8H2,1-3H3,(H,16,17,20). The summed E-state index contributed by atoms with van der Waals surface area (Å²) in [6.45, 7) is 24.2. The third kappa shape index (κ3) is 17.2. The SMILES string of the molecule is COOSc1csc(C(=O)Nc2ccn(Cc3c(C)noc3C)n2)c1Cl.Cc1cc(C(=O)Nc2ccn(Cc3c(C)noc3C)n2)c(C)o1.Cc1ccc(C(=O)Nc2ccn(Cc3c(C)noc3C)n2)o1.Cc1noc(C)c1Cn1ccc(NC(=O)c2ccoc2C)n1. The summed E-state index contributed by atoms with van der Waals surface area (Å²) in [5.74, 6) is 6.60. The summed E-state index contributed by atoms with van der Waals surface area (Å²) in [5.41, 5.74) is 8.29. The van der Waals surface area contributed by atoms with Crippen molar-refractivity contribution in [3.8, 4) is 0 Å². The number of halogens is 1. The molecule has 12 aromatic heterocycles. The van der Waals surface area contributed by atoms with Crippen molar-refractivity contribution in [2.45, 2.75) is 114 Å². The van der Waals surface area contributed by atoms with Crippen LogP contribution in [0.2, 0.25) is 5.02 Å². The molecule has 0 atom stereocenters. The number of hydrogen-bond donors (Lipinski definition) is 4. The summed E-state index contributed by atoms with van der Waals surface area (Å²) in [7, 11) is 1.39. The Morgan fingerprint density at radius 3 is 1.25 bits per heavy atom. The Morgan fingerprint density at radius 1 is 0.495 bits per heavy atom. The molecule has 12 heterocycles. The van der Waals surface area contributed by atoms with Crippen LogP contribution in [0.4, 0.5) is 23.3 Å². The highest BCUT2D eigenvalue weighted by Gasteiger charge is 2.22. The number of hydrogen-bond acceptors (Lipinski definition) is 23. The molecule has 0 aliphatic rings. The minimum atomic E-state index is -0.341. The molecule has 0 radical (unpaired) electrons. The van der Waals surface area contributed by atoms with Gasteiger partial charge in [0, 0.05) is 76.7 Å². The Hall–Kier alpha value is -10.3. The summed E-state index contributed by atoms with van der Waals surface area (Å²) in [6.07, 6.45) is 8.64. The van der Waals surface area contributed by atoms with E-state index in [4.69, 9.17) is 47.3 Å². The second-order valence-corrected chi connectivity index (χ2v) is 22.8. The average Bonchev–Trinajstić information content (AvgIpc) is 1.90. The molecule has 4 amide bonds. The summed E-state index contributed by atoms with van der Waals surface area (Å²) in [4.78, 5) is 54.2. The van der Waals surface area contributed by atoms with E-state index in [0.717, 1.165) is 80.1 Å². The molecule has 0 saturated carbocycles. The van der Waals surface area contributed by atoms with E-state index in [1.165, 1.54) is 24.7 Å². The van der Waals surface area contributed by atoms with Crippen LogP contribution in [0.15, 0.2) is 121 Å². The molecule has 0 spiro atoms. The van der Waals surface area contributed by atoms with Gasteiger partial charge in [0.15, 0.2) is 29.0 Å². The van der Waals surface area contributed by atoms with Crippen molar-refractivity contribution < 1.29 is 59.7 Å². The third-order valence-electron chi connectivity index (χ3n) is 14.0. The number of thiophene rings is 1. The van der Waals surface area contributed by atoms with Crippen molar-refractivity contribution in [2.24, 2.45) is 0 Å². The first-order chi connectivity index (χ1) is 44.5. The maximum atomic E-state index is 12.4. The lowest BCUT2D eigenvalue weighted by atomic mass is 10.2. The maximum Gasteiger partial charge on any atom is 0.292 e. The van der Waals surface area contributed by atoms with Gasteiger partial charge in [-0.15, -0.1) is 11.3 Å². The molecule has 4 N–H and O–H groups in total. The number of aromatic nitrogens is 12. The minimum absolute atomic E-state index is 0.234. The Morgan fingerprint density at radius 2 is 0.903 bits per heavy atom. The van der Waals surface area contributed by atoms with E-state index >= 15 is 0 Å². The van der Waals surface area contributed by atoms with Gasteiger partial charge >= 0.3 is 0 Å². The summed E-state index contributed by atoms with van der Waals surface area (Å²) in [5, 5.41) is 46.0. The van der Waals surface area contributed by atoms with Gasteiger partial charge in [0.2, 0.25) is 0 Å². The number of furan rings is 3. The van der Waals surface area contributed by atoms with Crippen LogP contribution in [-0.2, 0) is 35.4 Å². The molecule has 12 rings (SSSR count). The fourth-order valence-corrected chi connectivity index (χ4v) is 10.8. The first kappa shape index (κ1) is 67.1. The van der Waals surface area contributed by atoms with E-state index in [-0.39, 0.29) is 29.4 Å². The Labute approximate surface area is 544 Å². The second-order valence-electron chi connectivity index (χ2n) is 20.8. The van der Waals surface area contributed by atoms with Gasteiger partial charge in [0.25, 0.3) is 23.6 Å². The fourth-order valence-electron chi connectivity index (χ4n) is 8.98. The van der Waals surface area contributed by atoms with E-state index in [2.05, 4.69) is 67.2 Å². The number of carbonyl (C=O) groups is 4. The van der Waals surface area contributed by atoms with E-state index in [1.54, 1.807) is 118 Å². The van der Waals surface area contributed by atoms with Gasteiger partial charge in [0.1, 0.15) is 51.0 Å². The van der Waals surface area contributed by atoms with Crippen LogP contribution in [0.25, 0.3) is 0 Å². The Balaban J connectivity index is 0.000000147. The molecule has 0 fully saturated rings. The normalized spacial score (nSPS) is 10.9. The van der Waals surface area contributed by atoms with Gasteiger partial charge < -0.3 is 52.6 Å². The quantitative estimate of drug-likeness (QED) is 0.0332. The fraction of sp³-hybridized carbons (Fsp3) is 0.279. The van der Waals surface area contributed by atoms with Crippen LogP contribution in [-0.4, -0.2) is 90.5 Å². The minimum Gasteiger partial charge on any atom is -0.469 e. The van der Waals surface area contributed by atoms with Crippen LogP contribution in [0.3, 0.4) is 0 Å². The number of rotatable bonds is 19. The van der Waals surface area contributed by atoms with Crippen molar-refractivity contribution in [1.29, 1.82) is 0 Å². The summed E-state index contributed by atoms with van der Waals surface area (Å²) in [6, 6.07) is 13.6. The van der Waals surface area contributed by atoms with Crippen LogP contribution in [0.5, 0.6) is 0 Å². The number of anilines is 4. The zero-order valence-corrected chi connectivity index (χ0v) is 55.2. The lowest BCUT2D eigenvalue weighted by Crippen LogP contribution is -2.13. The predicted molar refractivity (Wildman–Crippen MR) is 339 cm³/mol. The molecule has 0 saturated heterocycles. The molecule has 0 aliphatic heterocycles. The van der Waals surface area contributed by atoms with Crippen molar-refractivity contribution in [2.75, 3.05) is 28.4 Å². The third-order valence-corrected chi connectivity index (χ3v) is 16.4. The highest BCUT2D eigenvalue weighted by Crippen LogP contribution is 2.36. The lowest BCUT2D eigenvalue weighted by molar-refractivity contribution is -0.160. The van der Waals surface area contributed by atoms with Gasteiger partial charge in [-0.1, -0.05) is 32.2 Å². The van der Waals surface area contributed by atoms with E-state index in [1.807, 2.05) is 62.3 Å². The molecular formula is C61H65ClN16O13S2. The highest BCUT2D eigenvalue weighted by molar-refractivity contribution is 7.94. The molecule has 29 nitrogen and oxygen atoms in total. The molecule has 12 aromatic rings. The number of carbonyl (C=O) groups excluding carboxylic acids is 4. The second kappa shape index (κ2) is 30.2. The topological polar surface area (TPSA) is 350 Å². The van der Waals surface area contributed by atoms with Crippen LogP contribution in [0.1, 0.15) is 132 Å². The molecule has 0 bridgehead atoms. The molecule has 486 valence electrons. The Kier molecular flexibility index (Phi) is 21.8. The molecule has 32 heteroatoms. The van der Waals surface area contributed by atoms with Crippen LogP contribution < -0.4 is 21.3 Å². The van der Waals surface area contributed by atoms with Crippen LogP contribution >= 0.6 is 35.0 Å². The smallest absolute Gasteiger partial charge is 0.292 e. The monoisotopic (exact) mass is 1330 g/mol. The molecule has 0 unspecified atom stereocenters. The van der Waals surface area contributed by atoms with Gasteiger partial charge in [-0.2, -0.15) is 24.7 Å². The van der Waals surface area contributed by atoms with Crippen molar-refractivity contribution >= 4 is 81.9 Å². The average molecular weight is 1330 g/mol. The number of aryl methyl sites for hydroxylation is 12. The predicted octanol–water partition coefficient (Wildman–Crippen LogP) is 12.5. The van der Waals surface area contributed by atoms with Gasteiger partial charge in [-0.25, -0.2) is 4.89 Å². The zero-order chi connectivity index (χ0) is 66.6. The number of nitrogens with zero attached hydrogens (tertiary/aromatic N) is 12. The van der Waals surface area contributed by atoms with Gasteiger partial charge in [-0.3, -0.25) is 37.9 Å². The van der Waals surface area contributed by atoms with Gasteiger partial charge in [-0.05, 0) is 107 Å². The molecule has 93 heavy (non-hydrogen) atoms. The number of amides is 4. The first-order valence-electron chi connectivity index (χ1n) is 28.4. The van der Waals surface area contributed by atoms with E-state index in [9.17, 15) is 19.2 Å². The number of nitrogens with one attached hydrogen (secondary N) is 4. The molecular weight excluding hydrogens is 1260 g/mol. The largest absolute Gasteiger partial charge is 0.469 e. The van der Waals surface area contributed by atoms with Gasteiger partial charge in [0.05, 0.1) is 95.4 Å². The van der Waals surface area contributed by atoms with Crippen molar-refractivity contribution in [1.82, 2.24) is 59.7 Å². The summed E-state index contributed by atoms with van der Waals surface area (Å²) < 4.78 is 47.9. The summed E-state index contributed by atoms with van der Waals surface area (Å²) >= 11 is 8.36. The maximum absolute atomic E-state index is 12.4. The van der Waals surface area contributed by atoms with Crippen molar-refractivity contribution in [3.05, 3.63) is 203 Å². The molecule has 0 aromatic carbocycles. The molecule has 0 aliphatic carbocycles. The van der Waals surface area contributed by atoms with Crippen molar-refractivity contribution in [3.63, 3.8) is 0 Å². The Bertz CT molecular complexity index is 4460.